The van der Waals surface area contributed by atoms with Crippen LogP contribution in [0.5, 0.6) is 0 Å². The Balaban J connectivity index is 2.02. The minimum absolute atomic E-state index is 0.0599. The Hall–Kier alpha value is -8.04. The summed E-state index contributed by atoms with van der Waals surface area (Å²) >= 11 is 0. The molecule has 0 radical (unpaired) electrons. The summed E-state index contributed by atoms with van der Waals surface area (Å²) in [6, 6.07) is 3.57. The molecule has 0 saturated carbocycles. The number of carbonyl (C=O) groups excluding carboxylic acids is 12. The highest BCUT2D eigenvalue weighted by molar-refractivity contribution is 6.00. The molecule has 6 N–H and O–H groups in total. The number of rotatable bonds is 19. The lowest BCUT2D eigenvalue weighted by Crippen LogP contribution is -2.63. The first kappa shape index (κ1) is 86.4. The molecule has 2 heterocycles. The molecule has 2 aromatic rings. The molecule has 570 valence electrons. The number of hydrogen-bond donors (Lipinski definition) is 6. The van der Waals surface area contributed by atoms with Gasteiger partial charge in [-0.15, -0.1) is 0 Å². The minimum Gasteiger partial charge on any atom is -0.391 e. The van der Waals surface area contributed by atoms with Crippen molar-refractivity contribution < 1.29 is 72.5 Å². The van der Waals surface area contributed by atoms with E-state index in [9.17, 15) is 43.8 Å². The molecule has 2 aliphatic rings. The van der Waals surface area contributed by atoms with E-state index in [4.69, 9.17) is 4.74 Å². The largest absolute Gasteiger partial charge is 0.391 e. The number of benzene rings is 2. The number of likely N-dealkylation sites (N-methyl/N-ethyl adjacent to an activating group) is 7. The Kier molecular flexibility index (Phi) is 34.5. The fourth-order valence-corrected chi connectivity index (χ4v) is 13.2. The van der Waals surface area contributed by atoms with Crippen LogP contribution in [0.4, 0.5) is 0 Å². The third-order valence-corrected chi connectivity index (χ3v) is 19.4. The van der Waals surface area contributed by atoms with Crippen molar-refractivity contribution in [3.05, 3.63) is 71.8 Å². The van der Waals surface area contributed by atoms with Crippen LogP contribution in [0, 0.1) is 29.6 Å². The molecule has 2 saturated heterocycles. The highest BCUT2D eigenvalue weighted by Gasteiger charge is 2.45. The number of piperidine rings is 1. The zero-order chi connectivity index (χ0) is 76.7. The van der Waals surface area contributed by atoms with E-state index in [1.807, 2.05) is 41.5 Å². The van der Waals surface area contributed by atoms with Crippen molar-refractivity contribution in [3.63, 3.8) is 0 Å². The number of carbonyl (C=O) groups is 12. The predicted molar refractivity (Wildman–Crippen MR) is 387 cm³/mol. The smallest absolute Gasteiger partial charge is 0.248 e. The average molecular weight is 1430 g/mol. The van der Waals surface area contributed by atoms with Crippen molar-refractivity contribution >= 4 is 70.9 Å². The van der Waals surface area contributed by atoms with E-state index in [0.717, 1.165) is 21.1 Å². The number of ether oxygens (including phenoxy) is 1. The number of aliphatic hydroxyl groups excluding tert-OH is 2. The zero-order valence-corrected chi connectivity index (χ0v) is 64.0. The number of amides is 12. The van der Waals surface area contributed by atoms with Crippen molar-refractivity contribution in [2.24, 2.45) is 29.6 Å². The molecule has 0 aromatic heterocycles. The minimum atomic E-state index is -1.70. The Labute approximate surface area is 604 Å². The van der Waals surface area contributed by atoms with Crippen LogP contribution in [0.2, 0.25) is 0 Å². The zero-order valence-electron chi connectivity index (χ0n) is 64.0. The van der Waals surface area contributed by atoms with Crippen LogP contribution in [0.1, 0.15) is 146 Å². The third kappa shape index (κ3) is 24.6. The number of nitrogens with zero attached hydrogens (tertiary/aromatic N) is 8. The van der Waals surface area contributed by atoms with Gasteiger partial charge in [0.15, 0.2) is 0 Å². The van der Waals surface area contributed by atoms with Crippen LogP contribution in [-0.4, -0.2) is 275 Å². The molecule has 102 heavy (non-hydrogen) atoms. The van der Waals surface area contributed by atoms with Gasteiger partial charge in [0.1, 0.15) is 60.4 Å². The lowest BCUT2D eigenvalue weighted by Gasteiger charge is -2.39. The monoisotopic (exact) mass is 1430 g/mol. The van der Waals surface area contributed by atoms with Gasteiger partial charge in [-0.25, -0.2) is 0 Å². The quantitative estimate of drug-likeness (QED) is 0.118. The van der Waals surface area contributed by atoms with Crippen LogP contribution in [0.15, 0.2) is 60.7 Å². The van der Waals surface area contributed by atoms with E-state index in [1.165, 1.54) is 82.8 Å². The van der Waals surface area contributed by atoms with Gasteiger partial charge >= 0.3 is 0 Å². The number of likely N-dealkylation sites (tertiary alicyclic amines) is 1. The second kappa shape index (κ2) is 40.7. The number of aliphatic hydroxyl groups is 2. The van der Waals surface area contributed by atoms with Gasteiger partial charge in [-0.1, -0.05) is 136 Å². The first-order chi connectivity index (χ1) is 47.8. The van der Waals surface area contributed by atoms with Gasteiger partial charge < -0.3 is 75.4 Å². The summed E-state index contributed by atoms with van der Waals surface area (Å²) in [6.07, 6.45) is -0.711. The fourth-order valence-electron chi connectivity index (χ4n) is 13.2. The normalized spacial score (nSPS) is 25.4. The number of nitrogens with one attached hydrogen (secondary N) is 4. The van der Waals surface area contributed by atoms with Gasteiger partial charge in [-0.2, -0.15) is 0 Å². The SMILES string of the molecule is CC[C@H](C)[C@H]1C(=O)N[C@@H]([C@@H](C)O)C(=O)N(C)CC(=O)N(C)[C@@H](CC(C)C)C(=O)N[C@H](C(=O)N2CCCCC2)CC(=O)N(C)[C@@H](C(C)C)C(=O)N[C@@H](CC(C)C)C(=O)N(C)[C@@H](CC(C)C)C(=O)N(C)[C@@H](Cc2ccccc2)C(=O)NC(COC[C@@H](C)O)C(=O)N(C)[C@@H](Cc2ccccc2)C(=O)N1C. The Morgan fingerprint density at radius 3 is 1.47 bits per heavy atom. The van der Waals surface area contributed by atoms with Crippen molar-refractivity contribution in [1.29, 1.82) is 0 Å². The van der Waals surface area contributed by atoms with E-state index in [0.29, 0.717) is 43.5 Å². The van der Waals surface area contributed by atoms with Crippen LogP contribution < -0.4 is 21.3 Å². The van der Waals surface area contributed by atoms with E-state index < -0.39 is 175 Å². The highest BCUT2D eigenvalue weighted by atomic mass is 16.5. The summed E-state index contributed by atoms with van der Waals surface area (Å²) < 4.78 is 5.89. The van der Waals surface area contributed by atoms with Crippen LogP contribution in [0.25, 0.3) is 0 Å². The summed E-state index contributed by atoms with van der Waals surface area (Å²) in [4.78, 5) is 190. The Bertz CT molecular complexity index is 3130. The average Bonchev–Trinajstić information content (AvgIpc) is 0.812. The topological polar surface area (TPSA) is 329 Å². The second-order valence-electron chi connectivity index (χ2n) is 29.7. The van der Waals surface area contributed by atoms with Crippen molar-refractivity contribution in [1.82, 2.24) is 60.5 Å². The Morgan fingerprint density at radius 1 is 0.490 bits per heavy atom. The van der Waals surface area contributed by atoms with Gasteiger partial charge in [0.05, 0.1) is 38.4 Å². The summed E-state index contributed by atoms with van der Waals surface area (Å²) in [5, 5.41) is 32.9. The molecule has 12 amide bonds. The van der Waals surface area contributed by atoms with E-state index in [2.05, 4.69) is 21.3 Å². The van der Waals surface area contributed by atoms with Crippen LogP contribution in [0.3, 0.4) is 0 Å². The molecule has 13 atom stereocenters. The molecule has 0 spiro atoms. The molecule has 2 fully saturated rings. The Morgan fingerprint density at radius 2 is 0.961 bits per heavy atom. The molecular formula is C75H120N12O15. The van der Waals surface area contributed by atoms with E-state index in [1.54, 1.807) is 93.3 Å². The van der Waals surface area contributed by atoms with Gasteiger partial charge in [0, 0.05) is 75.3 Å². The second-order valence-corrected chi connectivity index (χ2v) is 29.7. The van der Waals surface area contributed by atoms with E-state index in [-0.39, 0.29) is 56.5 Å². The molecule has 0 aliphatic carbocycles. The van der Waals surface area contributed by atoms with E-state index >= 15 is 24.0 Å². The molecular weight excluding hydrogens is 1310 g/mol. The molecule has 2 aromatic carbocycles. The molecule has 1 unspecified atom stereocenters. The molecule has 27 nitrogen and oxygen atoms in total. The summed E-state index contributed by atoms with van der Waals surface area (Å²) in [7, 11) is 9.65. The van der Waals surface area contributed by atoms with Gasteiger partial charge in [-0.3, -0.25) is 57.5 Å². The predicted octanol–water partition coefficient (Wildman–Crippen LogP) is 2.87. The highest BCUT2D eigenvalue weighted by Crippen LogP contribution is 2.25. The fraction of sp³-hybridized carbons (Fsp3) is 0.680. The van der Waals surface area contributed by atoms with Crippen molar-refractivity contribution in [2.45, 2.75) is 220 Å². The summed E-state index contributed by atoms with van der Waals surface area (Å²) in [5.41, 5.74) is 1.22. The summed E-state index contributed by atoms with van der Waals surface area (Å²) in [6.45, 7) is 19.9. The first-order valence-corrected chi connectivity index (χ1v) is 36.2. The molecule has 4 rings (SSSR count). The maximum Gasteiger partial charge on any atom is 0.248 e. The van der Waals surface area contributed by atoms with Crippen molar-refractivity contribution in [3.8, 4) is 0 Å². The lowest BCUT2D eigenvalue weighted by molar-refractivity contribution is -0.152. The van der Waals surface area contributed by atoms with Crippen LogP contribution >= 0.6 is 0 Å². The summed E-state index contributed by atoms with van der Waals surface area (Å²) in [5.74, 6) is -10.9. The van der Waals surface area contributed by atoms with Gasteiger partial charge in [0.2, 0.25) is 70.9 Å². The number of hydrogen-bond acceptors (Lipinski definition) is 15. The molecule has 0 bridgehead atoms. The molecule has 27 heteroatoms. The maximum absolute atomic E-state index is 15.6. The van der Waals surface area contributed by atoms with Crippen molar-refractivity contribution in [2.75, 3.05) is 82.2 Å². The lowest BCUT2D eigenvalue weighted by atomic mass is 9.94. The van der Waals surface area contributed by atoms with Gasteiger partial charge in [-0.05, 0) is 93.1 Å². The molecule has 2 aliphatic heterocycles. The maximum atomic E-state index is 15.6. The first-order valence-electron chi connectivity index (χ1n) is 36.2. The standard InChI is InChI=1S/C75H120N12O15/c1-20-49(10)65-69(95)79-63(51(12)89)75(101)80(13)42-62(91)81(14)57(37-46(4)5)66(92)76-55(72(98)87-34-28-23-29-35-87)41-61(90)85(18)64(48(8)9)68(94)77-54(36-45(2)3)70(96)83(16)59(38-47(6)7)73(99)82(15)58(39-52-30-24-21-25-31-52)67(93)78-56(44-102-43-50(11)88)71(97)84(17)60(74(100)86(65)19)40-53-32-26-22-27-33-53/h21-22,24-27,30-33,45-51,54-60,63-65,88-89H,20,23,28-29,34-44H2,1-19H3,(H,76,92)(H,77,94)(H,78,93)(H,79,95)/t49-,50+,51+,54-,55-,56?,57-,58-,59-,60-,63-,64-,65-/m0/s1. The third-order valence-electron chi connectivity index (χ3n) is 19.4. The van der Waals surface area contributed by atoms with Gasteiger partial charge in [0.25, 0.3) is 0 Å². The van der Waals surface area contributed by atoms with Crippen LogP contribution in [-0.2, 0) is 75.1 Å².